The van der Waals surface area contributed by atoms with Crippen LogP contribution in [0.5, 0.6) is 5.75 Å². The van der Waals surface area contributed by atoms with Gasteiger partial charge in [-0.15, -0.1) is 0 Å². The maximum atomic E-state index is 12.3. The van der Waals surface area contributed by atoms with Gasteiger partial charge in [-0.1, -0.05) is 0 Å². The average Bonchev–Trinajstić information content (AvgIpc) is 2.38. The zero-order valence-corrected chi connectivity index (χ0v) is 11.6. The van der Waals surface area contributed by atoms with Crippen molar-refractivity contribution in [2.24, 2.45) is 0 Å². The fraction of sp³-hybridized carbons (Fsp3) is 0.500. The summed E-state index contributed by atoms with van der Waals surface area (Å²) in [4.78, 5) is 0.107. The largest absolute Gasteiger partial charge is 0.495 e. The molecule has 0 aliphatic carbocycles. The number of anilines is 1. The van der Waals surface area contributed by atoms with E-state index in [0.717, 1.165) is 0 Å². The quantitative estimate of drug-likeness (QED) is 0.796. The van der Waals surface area contributed by atoms with Crippen molar-refractivity contribution in [3.8, 4) is 5.75 Å². The van der Waals surface area contributed by atoms with Gasteiger partial charge in [0.1, 0.15) is 10.6 Å². The Labute approximate surface area is 112 Å². The lowest BCUT2D eigenvalue weighted by atomic mass is 10.1. The molecule has 1 aromatic rings. The van der Waals surface area contributed by atoms with Crippen molar-refractivity contribution < 1.29 is 17.9 Å². The highest BCUT2D eigenvalue weighted by atomic mass is 32.2. The molecule has 1 saturated heterocycles. The van der Waals surface area contributed by atoms with Crippen molar-refractivity contribution >= 4 is 15.7 Å². The van der Waals surface area contributed by atoms with Crippen LogP contribution in [-0.4, -0.2) is 34.8 Å². The molecule has 0 unspecified atom stereocenters. The summed E-state index contributed by atoms with van der Waals surface area (Å²) in [6.07, 6.45) is 1.35. The predicted molar refractivity (Wildman–Crippen MR) is 71.6 cm³/mol. The molecule has 0 saturated carbocycles. The molecule has 1 aromatic carbocycles. The number of benzene rings is 1. The lowest BCUT2D eigenvalue weighted by Gasteiger charge is -2.23. The van der Waals surface area contributed by atoms with Crippen LogP contribution in [0.1, 0.15) is 12.8 Å². The summed E-state index contributed by atoms with van der Waals surface area (Å²) in [5.41, 5.74) is 6.08. The number of rotatable bonds is 4. The van der Waals surface area contributed by atoms with Crippen LogP contribution in [0.3, 0.4) is 0 Å². The molecule has 19 heavy (non-hydrogen) atoms. The van der Waals surface area contributed by atoms with Crippen molar-refractivity contribution in [2.45, 2.75) is 23.8 Å². The van der Waals surface area contributed by atoms with Gasteiger partial charge in [-0.25, -0.2) is 13.1 Å². The van der Waals surface area contributed by atoms with Crippen molar-refractivity contribution in [3.63, 3.8) is 0 Å². The van der Waals surface area contributed by atoms with E-state index in [-0.39, 0.29) is 16.7 Å². The van der Waals surface area contributed by atoms with Crippen LogP contribution in [0.4, 0.5) is 5.69 Å². The van der Waals surface area contributed by atoms with E-state index in [1.807, 2.05) is 0 Å². The molecule has 0 atom stereocenters. The lowest BCUT2D eigenvalue weighted by molar-refractivity contribution is 0.0832. The van der Waals surface area contributed by atoms with Gasteiger partial charge in [0.25, 0.3) is 0 Å². The first-order valence-corrected chi connectivity index (χ1v) is 7.55. The fourth-order valence-corrected chi connectivity index (χ4v) is 3.46. The molecule has 0 amide bonds. The highest BCUT2D eigenvalue weighted by Gasteiger charge is 2.24. The number of nitrogen functional groups attached to an aromatic ring is 1. The number of ether oxygens (including phenoxy) is 2. The van der Waals surface area contributed by atoms with Gasteiger partial charge in [0, 0.05) is 31.0 Å². The first kappa shape index (κ1) is 14.1. The minimum Gasteiger partial charge on any atom is -0.495 e. The number of hydrogen-bond acceptors (Lipinski definition) is 5. The summed E-state index contributed by atoms with van der Waals surface area (Å²) < 4.78 is 37.6. The Morgan fingerprint density at radius 2 is 2.05 bits per heavy atom. The van der Waals surface area contributed by atoms with Crippen LogP contribution in [0.25, 0.3) is 0 Å². The molecule has 1 heterocycles. The molecule has 7 heteroatoms. The van der Waals surface area contributed by atoms with Gasteiger partial charge in [0.15, 0.2) is 0 Å². The maximum absolute atomic E-state index is 12.3. The van der Waals surface area contributed by atoms with Gasteiger partial charge in [0.05, 0.1) is 7.11 Å². The molecule has 0 radical (unpaired) electrons. The van der Waals surface area contributed by atoms with Gasteiger partial charge in [-0.2, -0.15) is 0 Å². The Hall–Kier alpha value is -1.31. The van der Waals surface area contributed by atoms with Gasteiger partial charge in [-0.3, -0.25) is 0 Å². The Morgan fingerprint density at radius 1 is 1.37 bits per heavy atom. The number of methoxy groups -OCH3 is 1. The maximum Gasteiger partial charge on any atom is 0.244 e. The molecule has 1 aliphatic rings. The minimum atomic E-state index is -3.61. The highest BCUT2D eigenvalue weighted by Crippen LogP contribution is 2.26. The van der Waals surface area contributed by atoms with Crippen LogP contribution in [-0.2, 0) is 14.8 Å². The molecular formula is C12H18N2O4S. The third kappa shape index (κ3) is 3.37. The smallest absolute Gasteiger partial charge is 0.244 e. The predicted octanol–water partition coefficient (Wildman–Crippen LogP) is 0.735. The molecule has 0 spiro atoms. The Kier molecular flexibility index (Phi) is 4.28. The summed E-state index contributed by atoms with van der Waals surface area (Å²) in [5.74, 6) is 0.250. The summed E-state index contributed by atoms with van der Waals surface area (Å²) in [5, 5.41) is 0. The van der Waals surface area contributed by atoms with Crippen LogP contribution >= 0.6 is 0 Å². The van der Waals surface area contributed by atoms with Crippen molar-refractivity contribution in [2.75, 3.05) is 26.1 Å². The van der Waals surface area contributed by atoms with Gasteiger partial charge in [-0.05, 0) is 25.0 Å². The fourth-order valence-electron chi connectivity index (χ4n) is 2.00. The Balaban J connectivity index is 2.23. The van der Waals surface area contributed by atoms with Crippen molar-refractivity contribution in [1.82, 2.24) is 4.72 Å². The number of nitrogens with one attached hydrogen (secondary N) is 1. The molecule has 6 nitrogen and oxygen atoms in total. The highest BCUT2D eigenvalue weighted by molar-refractivity contribution is 7.89. The zero-order chi connectivity index (χ0) is 13.9. The van der Waals surface area contributed by atoms with Crippen LogP contribution in [0, 0.1) is 0 Å². The van der Waals surface area contributed by atoms with Gasteiger partial charge in [0.2, 0.25) is 10.0 Å². The second-order valence-corrected chi connectivity index (χ2v) is 6.10. The number of hydrogen-bond donors (Lipinski definition) is 2. The average molecular weight is 286 g/mol. The Bertz CT molecular complexity index is 539. The van der Waals surface area contributed by atoms with E-state index in [1.165, 1.54) is 19.2 Å². The molecule has 0 bridgehead atoms. The standard InChI is InChI=1S/C12H18N2O4S/c1-17-11-8-9(13)2-3-12(11)19(15,16)14-10-4-6-18-7-5-10/h2-3,8,10,14H,4-7,13H2,1H3. The first-order chi connectivity index (χ1) is 9.03. The van der Waals surface area contributed by atoms with E-state index in [0.29, 0.717) is 31.7 Å². The molecule has 1 aliphatic heterocycles. The van der Waals surface area contributed by atoms with Crippen LogP contribution < -0.4 is 15.2 Å². The molecule has 0 aromatic heterocycles. The first-order valence-electron chi connectivity index (χ1n) is 6.06. The number of sulfonamides is 1. The van der Waals surface area contributed by atoms with E-state index in [1.54, 1.807) is 6.07 Å². The second kappa shape index (κ2) is 5.77. The summed E-state index contributed by atoms with van der Waals surface area (Å²) in [6.45, 7) is 1.15. The number of nitrogens with two attached hydrogens (primary N) is 1. The van der Waals surface area contributed by atoms with E-state index in [9.17, 15) is 8.42 Å². The zero-order valence-electron chi connectivity index (χ0n) is 10.8. The summed E-state index contributed by atoms with van der Waals surface area (Å²) >= 11 is 0. The topological polar surface area (TPSA) is 90.7 Å². The van der Waals surface area contributed by atoms with E-state index in [4.69, 9.17) is 15.2 Å². The second-order valence-electron chi connectivity index (χ2n) is 4.42. The lowest BCUT2D eigenvalue weighted by Crippen LogP contribution is -2.38. The van der Waals surface area contributed by atoms with Gasteiger partial charge < -0.3 is 15.2 Å². The molecule has 1 fully saturated rings. The van der Waals surface area contributed by atoms with Crippen LogP contribution in [0.15, 0.2) is 23.1 Å². The molecule has 106 valence electrons. The molecular weight excluding hydrogens is 268 g/mol. The minimum absolute atomic E-state index is 0.0963. The third-order valence-electron chi connectivity index (χ3n) is 3.02. The third-order valence-corrected chi connectivity index (χ3v) is 4.58. The normalized spacial score (nSPS) is 17.3. The summed E-state index contributed by atoms with van der Waals surface area (Å²) in [6, 6.07) is 4.40. The van der Waals surface area contributed by atoms with Gasteiger partial charge >= 0.3 is 0 Å². The monoisotopic (exact) mass is 286 g/mol. The van der Waals surface area contributed by atoms with E-state index in [2.05, 4.69) is 4.72 Å². The van der Waals surface area contributed by atoms with Crippen molar-refractivity contribution in [3.05, 3.63) is 18.2 Å². The summed E-state index contributed by atoms with van der Waals surface area (Å²) in [7, 11) is -2.19. The molecule has 2 rings (SSSR count). The Morgan fingerprint density at radius 3 is 2.68 bits per heavy atom. The van der Waals surface area contributed by atoms with E-state index >= 15 is 0 Å². The van der Waals surface area contributed by atoms with Crippen LogP contribution in [0.2, 0.25) is 0 Å². The van der Waals surface area contributed by atoms with Crippen molar-refractivity contribution in [1.29, 1.82) is 0 Å². The molecule has 3 N–H and O–H groups in total. The van der Waals surface area contributed by atoms with E-state index < -0.39 is 10.0 Å². The SMILES string of the molecule is COc1cc(N)ccc1S(=O)(=O)NC1CCOCC1.